The maximum Gasteiger partial charge on any atom is 0.243 e. The highest BCUT2D eigenvalue weighted by atomic mass is 19.1. The maximum atomic E-state index is 12.6. The summed E-state index contributed by atoms with van der Waals surface area (Å²) in [6.07, 6.45) is 4.12. The zero-order chi connectivity index (χ0) is 12.7. The molecule has 0 atom stereocenters. The van der Waals surface area contributed by atoms with Gasteiger partial charge < -0.3 is 5.32 Å². The average molecular weight is 235 g/mol. The molecule has 0 fully saturated rings. The first-order valence-corrected chi connectivity index (χ1v) is 5.78. The fraction of sp³-hybridized carbons (Fsp3) is 0.357. The van der Waals surface area contributed by atoms with Gasteiger partial charge >= 0.3 is 0 Å². The van der Waals surface area contributed by atoms with Gasteiger partial charge in [0.05, 0.1) is 0 Å². The number of nitrogens with one attached hydrogen (secondary N) is 1. The van der Waals surface area contributed by atoms with E-state index >= 15 is 0 Å². The monoisotopic (exact) mass is 235 g/mol. The van der Waals surface area contributed by atoms with E-state index in [1.165, 1.54) is 12.1 Å². The lowest BCUT2D eigenvalue weighted by molar-refractivity contribution is -0.116. The molecule has 0 aliphatic rings. The Labute approximate surface area is 102 Å². The molecule has 0 saturated heterocycles. The standard InChI is InChI=1S/C14H18FNO/c1-11(2)3-8-14(17)16-10-9-12-4-6-13(15)7-5-12/h3-8,11H,9-10H2,1-2H3,(H,16,17)/b8-3+. The first-order chi connectivity index (χ1) is 8.08. The molecule has 92 valence electrons. The summed E-state index contributed by atoms with van der Waals surface area (Å²) in [7, 11) is 0. The summed E-state index contributed by atoms with van der Waals surface area (Å²) in [6.45, 7) is 4.59. The summed E-state index contributed by atoms with van der Waals surface area (Å²) >= 11 is 0. The van der Waals surface area contributed by atoms with Crippen LogP contribution in [0.1, 0.15) is 19.4 Å². The van der Waals surface area contributed by atoms with E-state index in [9.17, 15) is 9.18 Å². The molecule has 3 heteroatoms. The van der Waals surface area contributed by atoms with Gasteiger partial charge in [-0.2, -0.15) is 0 Å². The first-order valence-electron chi connectivity index (χ1n) is 5.78. The predicted molar refractivity (Wildman–Crippen MR) is 67.1 cm³/mol. The minimum Gasteiger partial charge on any atom is -0.352 e. The van der Waals surface area contributed by atoms with Crippen LogP contribution in [0.25, 0.3) is 0 Å². The number of benzene rings is 1. The van der Waals surface area contributed by atoms with Gasteiger partial charge in [0.1, 0.15) is 5.82 Å². The molecule has 1 aromatic carbocycles. The van der Waals surface area contributed by atoms with Crippen molar-refractivity contribution in [2.24, 2.45) is 5.92 Å². The van der Waals surface area contributed by atoms with Crippen LogP contribution in [-0.2, 0) is 11.2 Å². The normalized spacial score (nSPS) is 11.1. The molecule has 2 nitrogen and oxygen atoms in total. The molecule has 0 saturated carbocycles. The van der Waals surface area contributed by atoms with Crippen molar-refractivity contribution < 1.29 is 9.18 Å². The van der Waals surface area contributed by atoms with Crippen LogP contribution in [0.5, 0.6) is 0 Å². The molecule has 0 radical (unpaired) electrons. The van der Waals surface area contributed by atoms with Crippen molar-refractivity contribution in [2.75, 3.05) is 6.54 Å². The highest BCUT2D eigenvalue weighted by Gasteiger charge is 1.97. The highest BCUT2D eigenvalue weighted by molar-refractivity contribution is 5.87. The van der Waals surface area contributed by atoms with E-state index < -0.39 is 0 Å². The van der Waals surface area contributed by atoms with E-state index in [4.69, 9.17) is 0 Å². The Bertz CT molecular complexity index is 382. The summed E-state index contributed by atoms with van der Waals surface area (Å²) in [5.74, 6) is 0.0521. The third-order valence-corrected chi connectivity index (χ3v) is 2.26. The molecular weight excluding hydrogens is 217 g/mol. The lowest BCUT2D eigenvalue weighted by Gasteiger charge is -2.03. The Kier molecular flexibility index (Phi) is 5.40. The van der Waals surface area contributed by atoms with E-state index in [0.29, 0.717) is 18.9 Å². The Hall–Kier alpha value is -1.64. The molecule has 0 aromatic heterocycles. The molecular formula is C14H18FNO. The van der Waals surface area contributed by atoms with E-state index in [0.717, 1.165) is 5.56 Å². The SMILES string of the molecule is CC(C)/C=C/C(=O)NCCc1ccc(F)cc1. The van der Waals surface area contributed by atoms with Gasteiger partial charge in [-0.15, -0.1) is 0 Å². The topological polar surface area (TPSA) is 29.1 Å². The molecule has 0 bridgehead atoms. The molecule has 1 aromatic rings. The van der Waals surface area contributed by atoms with Crippen molar-refractivity contribution in [1.29, 1.82) is 0 Å². The van der Waals surface area contributed by atoms with E-state index in [1.807, 2.05) is 19.9 Å². The van der Waals surface area contributed by atoms with Crippen molar-refractivity contribution in [3.8, 4) is 0 Å². The number of hydrogen-bond donors (Lipinski definition) is 1. The summed E-state index contributed by atoms with van der Waals surface area (Å²) in [6, 6.07) is 6.31. The number of hydrogen-bond acceptors (Lipinski definition) is 1. The molecule has 17 heavy (non-hydrogen) atoms. The lowest BCUT2D eigenvalue weighted by Crippen LogP contribution is -2.23. The summed E-state index contributed by atoms with van der Waals surface area (Å²) in [5.41, 5.74) is 1.01. The van der Waals surface area contributed by atoms with Gasteiger partial charge in [0.2, 0.25) is 5.91 Å². The van der Waals surface area contributed by atoms with E-state index in [-0.39, 0.29) is 11.7 Å². The molecule has 1 amide bonds. The minimum absolute atomic E-state index is 0.0826. The van der Waals surface area contributed by atoms with Crippen LogP contribution in [0.3, 0.4) is 0 Å². The van der Waals surface area contributed by atoms with Crippen molar-refractivity contribution in [2.45, 2.75) is 20.3 Å². The Morgan fingerprint density at radius 2 is 2.00 bits per heavy atom. The number of carbonyl (C=O) groups excluding carboxylic acids is 1. The number of halogens is 1. The number of allylic oxidation sites excluding steroid dienone is 1. The zero-order valence-corrected chi connectivity index (χ0v) is 10.2. The molecule has 0 heterocycles. The van der Waals surface area contributed by atoms with Crippen molar-refractivity contribution in [3.63, 3.8) is 0 Å². The van der Waals surface area contributed by atoms with Gasteiger partial charge in [-0.1, -0.05) is 32.1 Å². The van der Waals surface area contributed by atoms with Gasteiger partial charge in [-0.25, -0.2) is 4.39 Å². The van der Waals surface area contributed by atoms with Crippen LogP contribution in [0.15, 0.2) is 36.4 Å². The third kappa shape index (κ3) is 5.85. The van der Waals surface area contributed by atoms with Crippen LogP contribution < -0.4 is 5.32 Å². The first kappa shape index (κ1) is 13.4. The van der Waals surface area contributed by atoms with Gasteiger partial charge in [-0.05, 0) is 36.1 Å². The van der Waals surface area contributed by atoms with Crippen molar-refractivity contribution in [1.82, 2.24) is 5.32 Å². The van der Waals surface area contributed by atoms with E-state index in [2.05, 4.69) is 5.32 Å². The van der Waals surface area contributed by atoms with Crippen LogP contribution >= 0.6 is 0 Å². The number of rotatable bonds is 5. The van der Waals surface area contributed by atoms with Gasteiger partial charge in [0, 0.05) is 6.54 Å². The molecule has 0 unspecified atom stereocenters. The number of amides is 1. The van der Waals surface area contributed by atoms with Crippen LogP contribution in [-0.4, -0.2) is 12.5 Å². The second-order valence-corrected chi connectivity index (χ2v) is 4.27. The molecule has 0 aliphatic heterocycles. The average Bonchev–Trinajstić information content (AvgIpc) is 2.29. The molecule has 0 aliphatic carbocycles. The van der Waals surface area contributed by atoms with E-state index in [1.54, 1.807) is 18.2 Å². The smallest absolute Gasteiger partial charge is 0.243 e. The predicted octanol–water partition coefficient (Wildman–Crippen LogP) is 2.70. The van der Waals surface area contributed by atoms with Gasteiger partial charge in [0.15, 0.2) is 0 Å². The fourth-order valence-corrected chi connectivity index (χ4v) is 1.32. The highest BCUT2D eigenvalue weighted by Crippen LogP contribution is 2.02. The van der Waals surface area contributed by atoms with Gasteiger partial charge in [0.25, 0.3) is 0 Å². The minimum atomic E-state index is -0.238. The van der Waals surface area contributed by atoms with Crippen molar-refractivity contribution >= 4 is 5.91 Å². The Balaban J connectivity index is 2.28. The summed E-state index contributed by atoms with van der Waals surface area (Å²) < 4.78 is 12.6. The Morgan fingerprint density at radius 1 is 1.35 bits per heavy atom. The van der Waals surface area contributed by atoms with Gasteiger partial charge in [-0.3, -0.25) is 4.79 Å². The summed E-state index contributed by atoms with van der Waals surface area (Å²) in [5, 5.41) is 2.78. The quantitative estimate of drug-likeness (QED) is 0.781. The lowest BCUT2D eigenvalue weighted by atomic mass is 10.1. The van der Waals surface area contributed by atoms with Crippen molar-refractivity contribution in [3.05, 3.63) is 47.8 Å². The summed E-state index contributed by atoms with van der Waals surface area (Å²) in [4.78, 5) is 11.3. The molecule has 0 spiro atoms. The second kappa shape index (κ2) is 6.84. The third-order valence-electron chi connectivity index (χ3n) is 2.26. The number of carbonyl (C=O) groups is 1. The second-order valence-electron chi connectivity index (χ2n) is 4.27. The maximum absolute atomic E-state index is 12.6. The molecule has 1 N–H and O–H groups in total. The zero-order valence-electron chi connectivity index (χ0n) is 10.2. The van der Waals surface area contributed by atoms with Crippen LogP contribution in [0.4, 0.5) is 4.39 Å². The van der Waals surface area contributed by atoms with Crippen LogP contribution in [0, 0.1) is 11.7 Å². The van der Waals surface area contributed by atoms with Crippen LogP contribution in [0.2, 0.25) is 0 Å². The Morgan fingerprint density at radius 3 is 2.59 bits per heavy atom. The fourth-order valence-electron chi connectivity index (χ4n) is 1.32. The largest absolute Gasteiger partial charge is 0.352 e. The molecule has 1 rings (SSSR count).